The van der Waals surface area contributed by atoms with E-state index in [1.54, 1.807) is 7.11 Å². The van der Waals surface area contributed by atoms with Gasteiger partial charge in [0.1, 0.15) is 18.1 Å². The molecule has 4 rings (SSSR count). The second kappa shape index (κ2) is 10.8. The molecule has 186 valence electrons. The van der Waals surface area contributed by atoms with Gasteiger partial charge in [0.05, 0.1) is 18.2 Å². The number of ketones is 1. The van der Waals surface area contributed by atoms with Crippen molar-refractivity contribution in [2.24, 2.45) is 0 Å². The number of aliphatic hydroxyl groups is 1. The van der Waals surface area contributed by atoms with E-state index >= 15 is 0 Å². The summed E-state index contributed by atoms with van der Waals surface area (Å²) in [6.07, 6.45) is 0. The predicted molar refractivity (Wildman–Crippen MR) is 139 cm³/mol. The SMILES string of the molecule is COCCN1C(=O)C(=O)/C(=C(/O)c2cc(C)ccc2C)C1c1ccc(OCc2ccccc2C)cc1. The van der Waals surface area contributed by atoms with Crippen molar-refractivity contribution in [2.45, 2.75) is 33.4 Å². The van der Waals surface area contributed by atoms with Crippen LogP contribution in [0.2, 0.25) is 0 Å². The van der Waals surface area contributed by atoms with Gasteiger partial charge < -0.3 is 19.5 Å². The molecule has 1 amide bonds. The Labute approximate surface area is 211 Å². The number of aryl methyl sites for hydroxylation is 3. The smallest absolute Gasteiger partial charge is 0.295 e. The summed E-state index contributed by atoms with van der Waals surface area (Å²) < 4.78 is 11.2. The molecule has 0 aliphatic carbocycles. The second-order valence-electron chi connectivity index (χ2n) is 9.09. The van der Waals surface area contributed by atoms with Crippen LogP contribution in [-0.4, -0.2) is 42.0 Å². The largest absolute Gasteiger partial charge is 0.507 e. The lowest BCUT2D eigenvalue weighted by atomic mass is 9.93. The summed E-state index contributed by atoms with van der Waals surface area (Å²) in [7, 11) is 1.54. The average molecular weight is 486 g/mol. The number of benzene rings is 3. The van der Waals surface area contributed by atoms with E-state index in [-0.39, 0.29) is 24.5 Å². The first-order valence-corrected chi connectivity index (χ1v) is 11.9. The third kappa shape index (κ3) is 5.04. The molecule has 0 spiro atoms. The van der Waals surface area contributed by atoms with Crippen LogP contribution in [0.15, 0.2) is 72.3 Å². The second-order valence-corrected chi connectivity index (χ2v) is 9.09. The van der Waals surface area contributed by atoms with E-state index in [0.717, 1.165) is 22.3 Å². The average Bonchev–Trinajstić information content (AvgIpc) is 3.13. The number of hydrogen-bond donors (Lipinski definition) is 1. The van der Waals surface area contributed by atoms with E-state index in [1.165, 1.54) is 4.90 Å². The first kappa shape index (κ1) is 25.2. The Morgan fingerprint density at radius 2 is 1.67 bits per heavy atom. The van der Waals surface area contributed by atoms with Crippen molar-refractivity contribution in [3.8, 4) is 5.75 Å². The van der Waals surface area contributed by atoms with Gasteiger partial charge in [-0.25, -0.2) is 0 Å². The van der Waals surface area contributed by atoms with E-state index in [4.69, 9.17) is 9.47 Å². The molecule has 1 saturated heterocycles. The van der Waals surface area contributed by atoms with E-state index in [2.05, 4.69) is 0 Å². The topological polar surface area (TPSA) is 76.1 Å². The summed E-state index contributed by atoms with van der Waals surface area (Å²) in [6.45, 7) is 6.75. The highest BCUT2D eigenvalue weighted by Gasteiger charge is 2.46. The molecule has 1 heterocycles. The van der Waals surface area contributed by atoms with Crippen LogP contribution in [0.5, 0.6) is 5.75 Å². The number of ether oxygens (including phenoxy) is 2. The lowest BCUT2D eigenvalue weighted by Gasteiger charge is -2.25. The number of carbonyl (C=O) groups is 2. The fourth-order valence-electron chi connectivity index (χ4n) is 4.46. The Kier molecular flexibility index (Phi) is 7.55. The highest BCUT2D eigenvalue weighted by atomic mass is 16.5. The normalized spacial score (nSPS) is 17.0. The van der Waals surface area contributed by atoms with E-state index in [0.29, 0.717) is 23.5 Å². The molecule has 1 aliphatic rings. The molecule has 1 aliphatic heterocycles. The number of Topliss-reactive ketones (excluding diaryl/α,β-unsaturated/α-hetero) is 1. The highest BCUT2D eigenvalue weighted by molar-refractivity contribution is 6.46. The molecule has 0 aromatic heterocycles. The summed E-state index contributed by atoms with van der Waals surface area (Å²) in [6, 6.07) is 20.3. The van der Waals surface area contributed by atoms with Crippen LogP contribution in [-0.2, 0) is 20.9 Å². The summed E-state index contributed by atoms with van der Waals surface area (Å²) in [5, 5.41) is 11.3. The summed E-state index contributed by atoms with van der Waals surface area (Å²) >= 11 is 0. The van der Waals surface area contributed by atoms with Gasteiger partial charge in [0.15, 0.2) is 0 Å². The molecule has 1 atom stereocenters. The minimum absolute atomic E-state index is 0.0818. The van der Waals surface area contributed by atoms with Gasteiger partial charge in [0.25, 0.3) is 11.7 Å². The van der Waals surface area contributed by atoms with Crippen molar-refractivity contribution < 1.29 is 24.2 Å². The fraction of sp³-hybridized carbons (Fsp3) is 0.267. The number of hydrogen-bond acceptors (Lipinski definition) is 5. The zero-order chi connectivity index (χ0) is 25.8. The Bertz CT molecular complexity index is 1310. The Morgan fingerprint density at radius 3 is 2.36 bits per heavy atom. The maximum absolute atomic E-state index is 13.2. The van der Waals surface area contributed by atoms with Gasteiger partial charge in [0, 0.05) is 19.2 Å². The van der Waals surface area contributed by atoms with Gasteiger partial charge in [0.2, 0.25) is 0 Å². The van der Waals surface area contributed by atoms with Crippen molar-refractivity contribution in [1.82, 2.24) is 4.90 Å². The van der Waals surface area contributed by atoms with Crippen LogP contribution in [0, 0.1) is 20.8 Å². The molecule has 0 bridgehead atoms. The van der Waals surface area contributed by atoms with Gasteiger partial charge >= 0.3 is 0 Å². The standard InChI is InChI=1S/C30H31NO5/c1-19-9-10-21(3)25(17-19)28(32)26-27(31(15-16-35-4)30(34)29(26)33)22-11-13-24(14-12-22)36-18-23-8-6-5-7-20(23)2/h5-14,17,27,32H,15-16,18H2,1-4H3/b28-26+. The van der Waals surface area contributed by atoms with Crippen LogP contribution in [0.25, 0.3) is 5.76 Å². The molecule has 36 heavy (non-hydrogen) atoms. The van der Waals surface area contributed by atoms with Crippen molar-refractivity contribution in [1.29, 1.82) is 0 Å². The summed E-state index contributed by atoms with van der Waals surface area (Å²) in [5.74, 6) is -0.845. The van der Waals surface area contributed by atoms with Gasteiger partial charge in [-0.15, -0.1) is 0 Å². The number of aliphatic hydroxyl groups excluding tert-OH is 1. The Hall–Kier alpha value is -3.90. The van der Waals surface area contributed by atoms with Crippen molar-refractivity contribution in [3.63, 3.8) is 0 Å². The molecule has 1 fully saturated rings. The first-order chi connectivity index (χ1) is 17.3. The molecular formula is C30H31NO5. The van der Waals surface area contributed by atoms with Crippen LogP contribution < -0.4 is 4.74 Å². The van der Waals surface area contributed by atoms with Crippen molar-refractivity contribution in [3.05, 3.63) is 106 Å². The Balaban J connectivity index is 1.70. The third-order valence-corrected chi connectivity index (χ3v) is 6.58. The van der Waals surface area contributed by atoms with E-state index in [9.17, 15) is 14.7 Å². The molecule has 3 aromatic rings. The lowest BCUT2D eigenvalue weighted by Crippen LogP contribution is -2.32. The first-order valence-electron chi connectivity index (χ1n) is 11.9. The molecule has 0 saturated carbocycles. The predicted octanol–water partition coefficient (Wildman–Crippen LogP) is 5.26. The zero-order valence-corrected chi connectivity index (χ0v) is 21.1. The Morgan fingerprint density at radius 1 is 0.944 bits per heavy atom. The monoisotopic (exact) mass is 485 g/mol. The van der Waals surface area contributed by atoms with Gasteiger partial charge in [-0.3, -0.25) is 9.59 Å². The number of carbonyl (C=O) groups excluding carboxylic acids is 2. The van der Waals surface area contributed by atoms with Gasteiger partial charge in [-0.2, -0.15) is 0 Å². The molecule has 0 radical (unpaired) electrons. The molecule has 1 N–H and O–H groups in total. The van der Waals surface area contributed by atoms with Gasteiger partial charge in [-0.05, 0) is 61.2 Å². The van der Waals surface area contributed by atoms with Crippen LogP contribution in [0.1, 0.15) is 39.4 Å². The number of methoxy groups -OCH3 is 1. The zero-order valence-electron chi connectivity index (χ0n) is 21.1. The molecule has 3 aromatic carbocycles. The summed E-state index contributed by atoms with van der Waals surface area (Å²) in [5.41, 5.74) is 5.36. The minimum Gasteiger partial charge on any atom is -0.507 e. The number of nitrogens with zero attached hydrogens (tertiary/aromatic N) is 1. The van der Waals surface area contributed by atoms with E-state index in [1.807, 2.05) is 87.5 Å². The van der Waals surface area contributed by atoms with E-state index < -0.39 is 17.7 Å². The van der Waals surface area contributed by atoms with Crippen molar-refractivity contribution >= 4 is 17.4 Å². The number of rotatable bonds is 8. The maximum atomic E-state index is 13.2. The fourth-order valence-corrected chi connectivity index (χ4v) is 4.46. The van der Waals surface area contributed by atoms with Crippen LogP contribution >= 0.6 is 0 Å². The summed E-state index contributed by atoms with van der Waals surface area (Å²) in [4.78, 5) is 27.6. The quantitative estimate of drug-likeness (QED) is 0.268. The molecule has 6 heteroatoms. The number of amides is 1. The van der Waals surface area contributed by atoms with Crippen molar-refractivity contribution in [2.75, 3.05) is 20.3 Å². The number of likely N-dealkylation sites (tertiary alicyclic amines) is 1. The minimum atomic E-state index is -0.731. The molecule has 1 unspecified atom stereocenters. The molecule has 6 nitrogen and oxygen atoms in total. The lowest BCUT2D eigenvalue weighted by molar-refractivity contribution is -0.140. The van der Waals surface area contributed by atoms with Gasteiger partial charge in [-0.1, -0.05) is 54.1 Å². The van der Waals surface area contributed by atoms with Crippen LogP contribution in [0.3, 0.4) is 0 Å². The van der Waals surface area contributed by atoms with Crippen LogP contribution in [0.4, 0.5) is 0 Å². The third-order valence-electron chi connectivity index (χ3n) is 6.58. The molecular weight excluding hydrogens is 454 g/mol. The maximum Gasteiger partial charge on any atom is 0.295 e. The highest BCUT2D eigenvalue weighted by Crippen LogP contribution is 2.40.